The number of aliphatic hydroxyl groups excluding tert-OH is 1. The molecular formula is C16H20FNO2. The third-order valence-electron chi connectivity index (χ3n) is 2.99. The summed E-state index contributed by atoms with van der Waals surface area (Å²) < 4.78 is 13.9. The summed E-state index contributed by atoms with van der Waals surface area (Å²) in [6, 6.07) is 4.27. The van der Waals surface area contributed by atoms with Crippen LogP contribution in [0, 0.1) is 17.7 Å². The lowest BCUT2D eigenvalue weighted by atomic mass is 10.1. The van der Waals surface area contributed by atoms with Crippen LogP contribution in [0.5, 0.6) is 0 Å². The van der Waals surface area contributed by atoms with E-state index in [1.54, 1.807) is 6.07 Å². The first-order valence-electron chi connectivity index (χ1n) is 6.82. The highest BCUT2D eigenvalue weighted by Crippen LogP contribution is 2.11. The Morgan fingerprint density at radius 2 is 2.20 bits per heavy atom. The maximum Gasteiger partial charge on any atom is 0.254 e. The molecule has 1 amide bonds. The van der Waals surface area contributed by atoms with Gasteiger partial charge in [-0.25, -0.2) is 4.39 Å². The molecule has 1 aromatic rings. The van der Waals surface area contributed by atoms with Crippen LogP contribution in [0.25, 0.3) is 0 Å². The predicted molar refractivity (Wildman–Crippen MR) is 76.8 cm³/mol. The van der Waals surface area contributed by atoms with Crippen molar-refractivity contribution in [3.63, 3.8) is 0 Å². The van der Waals surface area contributed by atoms with E-state index in [2.05, 4.69) is 17.2 Å². The van der Waals surface area contributed by atoms with Crippen molar-refractivity contribution >= 4 is 5.91 Å². The van der Waals surface area contributed by atoms with Gasteiger partial charge in [-0.2, -0.15) is 0 Å². The molecule has 0 aliphatic rings. The zero-order chi connectivity index (χ0) is 15.0. The third-order valence-corrected chi connectivity index (χ3v) is 2.99. The first-order chi connectivity index (χ1) is 9.62. The number of amides is 1. The van der Waals surface area contributed by atoms with Gasteiger partial charge in [0.15, 0.2) is 0 Å². The van der Waals surface area contributed by atoms with Gasteiger partial charge in [0.05, 0.1) is 5.56 Å². The second kappa shape index (κ2) is 8.34. The molecule has 108 valence electrons. The molecule has 1 aromatic carbocycles. The lowest BCUT2D eigenvalue weighted by Gasteiger charge is -2.16. The van der Waals surface area contributed by atoms with Crippen molar-refractivity contribution in [1.29, 1.82) is 0 Å². The van der Waals surface area contributed by atoms with Crippen molar-refractivity contribution < 1.29 is 14.3 Å². The summed E-state index contributed by atoms with van der Waals surface area (Å²) in [5.74, 6) is 4.04. The number of aliphatic hydroxyl groups is 1. The van der Waals surface area contributed by atoms with Crippen LogP contribution in [0.2, 0.25) is 0 Å². The van der Waals surface area contributed by atoms with E-state index in [4.69, 9.17) is 5.11 Å². The largest absolute Gasteiger partial charge is 0.384 e. The van der Waals surface area contributed by atoms with E-state index in [1.807, 2.05) is 13.8 Å². The van der Waals surface area contributed by atoms with Gasteiger partial charge in [0, 0.05) is 11.6 Å². The van der Waals surface area contributed by atoms with E-state index in [9.17, 15) is 9.18 Å². The van der Waals surface area contributed by atoms with Crippen molar-refractivity contribution in [3.8, 4) is 11.8 Å². The Kier molecular flexibility index (Phi) is 6.75. The van der Waals surface area contributed by atoms with Gasteiger partial charge < -0.3 is 10.4 Å². The average Bonchev–Trinajstić information content (AvgIpc) is 2.44. The molecule has 0 heterocycles. The van der Waals surface area contributed by atoms with Gasteiger partial charge in [-0.05, 0) is 31.0 Å². The van der Waals surface area contributed by atoms with Crippen LogP contribution >= 0.6 is 0 Å². The molecule has 0 saturated heterocycles. The second-order valence-electron chi connectivity index (χ2n) is 4.52. The fraction of sp³-hybridized carbons (Fsp3) is 0.438. The number of nitrogens with one attached hydrogen (secondary N) is 1. The second-order valence-corrected chi connectivity index (χ2v) is 4.52. The number of carbonyl (C=O) groups excluding carboxylic acids is 1. The Balaban J connectivity index is 2.83. The molecule has 0 saturated carbocycles. The molecular weight excluding hydrogens is 257 g/mol. The van der Waals surface area contributed by atoms with Crippen LogP contribution < -0.4 is 5.32 Å². The van der Waals surface area contributed by atoms with Crippen LogP contribution in [0.1, 0.15) is 49.0 Å². The number of halogens is 1. The summed E-state index contributed by atoms with van der Waals surface area (Å²) in [5, 5.41) is 11.4. The molecule has 20 heavy (non-hydrogen) atoms. The standard InChI is InChI=1S/C16H20FNO2/c1-3-6-13(4-2)18-16(20)14-9-8-12(7-5-10-19)11-15(14)17/h8-9,11,13,19H,3-4,6,10H2,1-2H3,(H,18,20). The van der Waals surface area contributed by atoms with E-state index in [0.29, 0.717) is 5.56 Å². The Labute approximate surface area is 119 Å². The summed E-state index contributed by atoms with van der Waals surface area (Å²) >= 11 is 0. The number of carbonyl (C=O) groups is 1. The summed E-state index contributed by atoms with van der Waals surface area (Å²) in [6.45, 7) is 3.76. The summed E-state index contributed by atoms with van der Waals surface area (Å²) in [5.41, 5.74) is 0.461. The molecule has 0 aromatic heterocycles. The highest BCUT2D eigenvalue weighted by atomic mass is 19.1. The van der Waals surface area contributed by atoms with Gasteiger partial charge in [0.1, 0.15) is 12.4 Å². The van der Waals surface area contributed by atoms with E-state index >= 15 is 0 Å². The maximum atomic E-state index is 13.9. The zero-order valence-corrected chi connectivity index (χ0v) is 11.9. The fourth-order valence-corrected chi connectivity index (χ4v) is 1.91. The summed E-state index contributed by atoms with van der Waals surface area (Å²) in [6.07, 6.45) is 2.67. The van der Waals surface area contributed by atoms with Gasteiger partial charge in [0.2, 0.25) is 0 Å². The lowest BCUT2D eigenvalue weighted by molar-refractivity contribution is 0.0929. The average molecular weight is 277 g/mol. The van der Waals surface area contributed by atoms with E-state index in [0.717, 1.165) is 19.3 Å². The monoisotopic (exact) mass is 277 g/mol. The van der Waals surface area contributed by atoms with E-state index in [-0.39, 0.29) is 18.2 Å². The maximum absolute atomic E-state index is 13.9. The van der Waals surface area contributed by atoms with E-state index in [1.165, 1.54) is 12.1 Å². The molecule has 1 rings (SSSR count). The Hall–Kier alpha value is -1.86. The Morgan fingerprint density at radius 1 is 1.45 bits per heavy atom. The van der Waals surface area contributed by atoms with Gasteiger partial charge in [-0.3, -0.25) is 4.79 Å². The third kappa shape index (κ3) is 4.67. The fourth-order valence-electron chi connectivity index (χ4n) is 1.91. The van der Waals surface area contributed by atoms with Crippen LogP contribution in [-0.4, -0.2) is 23.7 Å². The van der Waals surface area contributed by atoms with Gasteiger partial charge in [-0.1, -0.05) is 32.1 Å². The minimum atomic E-state index is -0.599. The normalized spacial score (nSPS) is 11.4. The van der Waals surface area contributed by atoms with Crippen molar-refractivity contribution in [2.45, 2.75) is 39.2 Å². The first-order valence-corrected chi connectivity index (χ1v) is 6.82. The first kappa shape index (κ1) is 16.2. The van der Waals surface area contributed by atoms with Gasteiger partial charge >= 0.3 is 0 Å². The van der Waals surface area contributed by atoms with Crippen LogP contribution in [-0.2, 0) is 0 Å². The highest BCUT2D eigenvalue weighted by molar-refractivity contribution is 5.94. The van der Waals surface area contributed by atoms with Crippen LogP contribution in [0.3, 0.4) is 0 Å². The van der Waals surface area contributed by atoms with Crippen molar-refractivity contribution in [2.75, 3.05) is 6.61 Å². The number of hydrogen-bond donors (Lipinski definition) is 2. The molecule has 0 aliphatic heterocycles. The van der Waals surface area contributed by atoms with Crippen molar-refractivity contribution in [2.24, 2.45) is 0 Å². The van der Waals surface area contributed by atoms with Crippen molar-refractivity contribution in [3.05, 3.63) is 35.1 Å². The van der Waals surface area contributed by atoms with Crippen LogP contribution in [0.15, 0.2) is 18.2 Å². The number of rotatable bonds is 5. The minimum absolute atomic E-state index is 0.0223. The summed E-state index contributed by atoms with van der Waals surface area (Å²) in [4.78, 5) is 12.0. The summed E-state index contributed by atoms with van der Waals surface area (Å²) in [7, 11) is 0. The smallest absolute Gasteiger partial charge is 0.254 e. The van der Waals surface area contributed by atoms with Gasteiger partial charge in [0.25, 0.3) is 5.91 Å². The molecule has 4 heteroatoms. The molecule has 0 bridgehead atoms. The number of hydrogen-bond acceptors (Lipinski definition) is 2. The molecule has 1 unspecified atom stereocenters. The van der Waals surface area contributed by atoms with E-state index < -0.39 is 11.7 Å². The molecule has 0 aliphatic carbocycles. The molecule has 1 atom stereocenters. The highest BCUT2D eigenvalue weighted by Gasteiger charge is 2.15. The quantitative estimate of drug-likeness (QED) is 0.812. The zero-order valence-electron chi connectivity index (χ0n) is 11.9. The van der Waals surface area contributed by atoms with Gasteiger partial charge in [-0.15, -0.1) is 0 Å². The predicted octanol–water partition coefficient (Wildman–Crippen LogP) is 2.48. The lowest BCUT2D eigenvalue weighted by Crippen LogP contribution is -2.34. The molecule has 2 N–H and O–H groups in total. The topological polar surface area (TPSA) is 49.3 Å². The van der Waals surface area contributed by atoms with Crippen molar-refractivity contribution in [1.82, 2.24) is 5.32 Å². The molecule has 0 radical (unpaired) electrons. The SMILES string of the molecule is CCCC(CC)NC(=O)c1ccc(C#CCO)cc1F. The minimum Gasteiger partial charge on any atom is -0.384 e. The molecule has 3 nitrogen and oxygen atoms in total. The van der Waals surface area contributed by atoms with Crippen LogP contribution in [0.4, 0.5) is 4.39 Å². The Morgan fingerprint density at radius 3 is 2.75 bits per heavy atom. The number of benzene rings is 1. The Bertz CT molecular complexity index is 517. The molecule has 0 fully saturated rings. The molecule has 0 spiro atoms.